The first kappa shape index (κ1) is 14.4. The third-order valence-corrected chi connectivity index (χ3v) is 4.12. The molecule has 3 N–H and O–H groups in total. The van der Waals surface area contributed by atoms with Gasteiger partial charge in [0.25, 0.3) is 0 Å². The molecule has 0 heterocycles. The molecule has 3 heteroatoms. The Hall–Kier alpha value is -1.06. The summed E-state index contributed by atoms with van der Waals surface area (Å²) in [4.78, 5) is 0. The third kappa shape index (κ3) is 4.51. The monoisotopic (exact) mass is 262 g/mol. The molecule has 1 unspecified atom stereocenters. The van der Waals surface area contributed by atoms with Crippen LogP contribution in [0.4, 0.5) is 0 Å². The summed E-state index contributed by atoms with van der Waals surface area (Å²) >= 11 is 0. The highest BCUT2D eigenvalue weighted by Crippen LogP contribution is 2.27. The number of nitrogens with two attached hydrogens (primary N) is 1. The van der Waals surface area contributed by atoms with Crippen molar-refractivity contribution in [2.75, 3.05) is 6.61 Å². The van der Waals surface area contributed by atoms with E-state index in [2.05, 4.69) is 24.5 Å². The zero-order valence-electron chi connectivity index (χ0n) is 11.9. The molecule has 0 aromatic heterocycles. The fourth-order valence-electron chi connectivity index (χ4n) is 3.00. The summed E-state index contributed by atoms with van der Waals surface area (Å²) < 4.78 is 5.81. The molecule has 1 aliphatic carbocycles. The number of ether oxygens (including phenoxy) is 1. The van der Waals surface area contributed by atoms with Crippen LogP contribution in [0, 0.1) is 12.8 Å². The number of rotatable bonds is 6. The highest BCUT2D eigenvalue weighted by molar-refractivity contribution is 5.27. The first-order valence-electron chi connectivity index (χ1n) is 7.45. The number of hydrazine groups is 1. The number of nitrogens with one attached hydrogen (secondary N) is 1. The van der Waals surface area contributed by atoms with E-state index in [1.54, 1.807) is 0 Å². The fourth-order valence-corrected chi connectivity index (χ4v) is 3.00. The van der Waals surface area contributed by atoms with Gasteiger partial charge in [-0.25, -0.2) is 0 Å². The minimum absolute atomic E-state index is 0.394. The van der Waals surface area contributed by atoms with Crippen molar-refractivity contribution in [3.05, 3.63) is 29.8 Å². The van der Waals surface area contributed by atoms with E-state index in [0.29, 0.717) is 6.04 Å². The highest BCUT2D eigenvalue weighted by atomic mass is 16.5. The van der Waals surface area contributed by atoms with Crippen LogP contribution in [0.5, 0.6) is 5.75 Å². The van der Waals surface area contributed by atoms with Crippen molar-refractivity contribution in [1.82, 2.24) is 5.43 Å². The van der Waals surface area contributed by atoms with Gasteiger partial charge < -0.3 is 4.74 Å². The largest absolute Gasteiger partial charge is 0.494 e. The summed E-state index contributed by atoms with van der Waals surface area (Å²) in [6.45, 7) is 2.81. The summed E-state index contributed by atoms with van der Waals surface area (Å²) in [6, 6.07) is 8.60. The standard InChI is InChI=1S/C16H26N2O/c1-13-6-5-9-15(12-13)19-11-10-16(18-17)14-7-3-2-4-8-14/h5-6,9,12,14,16,18H,2-4,7-8,10-11,17H2,1H3. The van der Waals surface area contributed by atoms with Gasteiger partial charge in [0.2, 0.25) is 0 Å². The van der Waals surface area contributed by atoms with Crippen LogP contribution in [-0.2, 0) is 0 Å². The average molecular weight is 262 g/mol. The number of hydrogen-bond acceptors (Lipinski definition) is 3. The summed E-state index contributed by atoms with van der Waals surface area (Å²) in [7, 11) is 0. The van der Waals surface area contributed by atoms with Crippen LogP contribution in [-0.4, -0.2) is 12.6 Å². The first-order valence-corrected chi connectivity index (χ1v) is 7.45. The molecule has 106 valence electrons. The quantitative estimate of drug-likeness (QED) is 0.611. The van der Waals surface area contributed by atoms with Crippen LogP contribution < -0.4 is 16.0 Å². The molecular weight excluding hydrogens is 236 g/mol. The second kappa shape index (κ2) is 7.51. The Kier molecular flexibility index (Phi) is 5.67. The Morgan fingerprint density at radius 1 is 1.32 bits per heavy atom. The van der Waals surface area contributed by atoms with E-state index in [1.807, 2.05) is 12.1 Å². The van der Waals surface area contributed by atoms with Crippen molar-refractivity contribution < 1.29 is 4.74 Å². The maximum Gasteiger partial charge on any atom is 0.119 e. The van der Waals surface area contributed by atoms with Gasteiger partial charge >= 0.3 is 0 Å². The summed E-state index contributed by atoms with van der Waals surface area (Å²) in [5.74, 6) is 7.38. The van der Waals surface area contributed by atoms with Crippen LogP contribution in [0.3, 0.4) is 0 Å². The van der Waals surface area contributed by atoms with Crippen LogP contribution in [0.15, 0.2) is 24.3 Å². The minimum atomic E-state index is 0.394. The first-order chi connectivity index (χ1) is 9.29. The molecule has 0 amide bonds. The number of benzene rings is 1. The van der Waals surface area contributed by atoms with Crippen molar-refractivity contribution in [3.63, 3.8) is 0 Å². The van der Waals surface area contributed by atoms with Gasteiger partial charge in [-0.2, -0.15) is 0 Å². The molecule has 0 bridgehead atoms. The Morgan fingerprint density at radius 3 is 2.79 bits per heavy atom. The molecule has 0 saturated heterocycles. The van der Waals surface area contributed by atoms with Crippen molar-refractivity contribution in [1.29, 1.82) is 0 Å². The molecule has 2 rings (SSSR count). The third-order valence-electron chi connectivity index (χ3n) is 4.12. The van der Waals surface area contributed by atoms with Crippen molar-refractivity contribution in [3.8, 4) is 5.75 Å². The normalized spacial score (nSPS) is 18.2. The summed E-state index contributed by atoms with van der Waals surface area (Å²) in [5.41, 5.74) is 4.22. The summed E-state index contributed by atoms with van der Waals surface area (Å²) in [5, 5.41) is 0. The van der Waals surface area contributed by atoms with Crippen LogP contribution in [0.25, 0.3) is 0 Å². The van der Waals surface area contributed by atoms with Gasteiger partial charge in [0, 0.05) is 6.04 Å². The number of aryl methyl sites for hydroxylation is 1. The van der Waals surface area contributed by atoms with Gasteiger partial charge in [-0.1, -0.05) is 31.4 Å². The second-order valence-electron chi connectivity index (χ2n) is 5.62. The lowest BCUT2D eigenvalue weighted by Crippen LogP contribution is -2.42. The highest BCUT2D eigenvalue weighted by Gasteiger charge is 2.22. The Morgan fingerprint density at radius 2 is 2.11 bits per heavy atom. The maximum atomic E-state index is 5.81. The lowest BCUT2D eigenvalue weighted by molar-refractivity contribution is 0.218. The molecule has 0 aliphatic heterocycles. The average Bonchev–Trinajstić information content (AvgIpc) is 2.45. The van der Waals surface area contributed by atoms with Crippen molar-refractivity contribution in [2.45, 2.75) is 51.5 Å². The molecule has 1 atom stereocenters. The van der Waals surface area contributed by atoms with Crippen LogP contribution in [0.1, 0.15) is 44.1 Å². The van der Waals surface area contributed by atoms with Crippen molar-refractivity contribution >= 4 is 0 Å². The Labute approximate surface area is 116 Å². The minimum Gasteiger partial charge on any atom is -0.494 e. The lowest BCUT2D eigenvalue weighted by Gasteiger charge is -2.29. The molecule has 19 heavy (non-hydrogen) atoms. The van der Waals surface area contributed by atoms with E-state index in [0.717, 1.165) is 24.7 Å². The van der Waals surface area contributed by atoms with E-state index in [1.165, 1.54) is 37.7 Å². The Balaban J connectivity index is 1.76. The number of hydrogen-bond donors (Lipinski definition) is 2. The zero-order chi connectivity index (χ0) is 13.5. The van der Waals surface area contributed by atoms with E-state index >= 15 is 0 Å². The van der Waals surface area contributed by atoms with Crippen LogP contribution in [0.2, 0.25) is 0 Å². The fraction of sp³-hybridized carbons (Fsp3) is 0.625. The molecule has 1 saturated carbocycles. The van der Waals surface area contributed by atoms with Gasteiger partial charge in [-0.15, -0.1) is 0 Å². The van der Waals surface area contributed by atoms with E-state index < -0.39 is 0 Å². The lowest BCUT2D eigenvalue weighted by atomic mass is 9.83. The van der Waals surface area contributed by atoms with E-state index in [9.17, 15) is 0 Å². The van der Waals surface area contributed by atoms with Gasteiger partial charge in [-0.05, 0) is 49.8 Å². The second-order valence-corrected chi connectivity index (χ2v) is 5.62. The predicted octanol–water partition coefficient (Wildman–Crippen LogP) is 3.18. The molecule has 0 spiro atoms. The van der Waals surface area contributed by atoms with Crippen LogP contribution >= 0.6 is 0 Å². The maximum absolute atomic E-state index is 5.81. The van der Waals surface area contributed by atoms with Gasteiger partial charge in [-0.3, -0.25) is 11.3 Å². The van der Waals surface area contributed by atoms with E-state index in [4.69, 9.17) is 10.6 Å². The zero-order valence-corrected chi connectivity index (χ0v) is 11.9. The predicted molar refractivity (Wildman–Crippen MR) is 79.0 cm³/mol. The molecule has 0 radical (unpaired) electrons. The van der Waals surface area contributed by atoms with E-state index in [-0.39, 0.29) is 0 Å². The van der Waals surface area contributed by atoms with Crippen molar-refractivity contribution in [2.24, 2.45) is 11.8 Å². The topological polar surface area (TPSA) is 47.3 Å². The summed E-state index contributed by atoms with van der Waals surface area (Å²) in [6.07, 6.45) is 7.67. The molecule has 3 nitrogen and oxygen atoms in total. The molecule has 1 aromatic rings. The van der Waals surface area contributed by atoms with Gasteiger partial charge in [0.15, 0.2) is 0 Å². The molecule has 1 aliphatic rings. The molecule has 1 fully saturated rings. The Bertz CT molecular complexity index is 375. The molecular formula is C16H26N2O. The molecule has 1 aromatic carbocycles. The SMILES string of the molecule is Cc1cccc(OCCC(NN)C2CCCCC2)c1. The van der Waals surface area contributed by atoms with Gasteiger partial charge in [0.1, 0.15) is 5.75 Å². The van der Waals surface area contributed by atoms with Gasteiger partial charge in [0.05, 0.1) is 6.61 Å². The smallest absolute Gasteiger partial charge is 0.119 e.